The van der Waals surface area contributed by atoms with Crippen LogP contribution in [-0.2, 0) is 0 Å². The number of hydrogen-bond acceptors (Lipinski definition) is 4. The maximum absolute atomic E-state index is 9.46. The lowest BCUT2D eigenvalue weighted by Gasteiger charge is -2.15. The van der Waals surface area contributed by atoms with Crippen molar-refractivity contribution in [2.24, 2.45) is 0 Å². The van der Waals surface area contributed by atoms with Crippen molar-refractivity contribution in [3.63, 3.8) is 0 Å². The molecule has 4 aromatic heterocycles. The Morgan fingerprint density at radius 2 is 1.17 bits per heavy atom. The molecule has 0 fully saturated rings. The maximum Gasteiger partial charge on any atom is 0.235 e. The van der Waals surface area contributed by atoms with Crippen LogP contribution in [0.3, 0.4) is 0 Å². The van der Waals surface area contributed by atoms with Gasteiger partial charge >= 0.3 is 0 Å². The standard InChI is InChI=1S/C46H30N6/c47-28-30-15-17-32(18-16-30)41-27-40(31-9-3-1-4-10-31)49-46(50-41)52-42-14-8-7-13-36(42)37-25-33(20-22-44(37)52)34-19-21-43-38(26-34)39-29-48-24-23-45(39)51(43)35-11-5-2-6-12-35/h1-15,17,19-27,29H,16,18H2. The van der Waals surface area contributed by atoms with Gasteiger partial charge < -0.3 is 4.57 Å². The van der Waals surface area contributed by atoms with E-state index in [4.69, 9.17) is 9.97 Å². The summed E-state index contributed by atoms with van der Waals surface area (Å²) in [5.41, 5.74) is 12.4. The lowest BCUT2D eigenvalue weighted by Crippen LogP contribution is -2.06. The molecule has 0 saturated heterocycles. The van der Waals surface area contributed by atoms with Gasteiger partial charge in [0.15, 0.2) is 0 Å². The predicted octanol–water partition coefficient (Wildman–Crippen LogP) is 11.0. The van der Waals surface area contributed by atoms with Crippen LogP contribution < -0.4 is 0 Å². The molecule has 52 heavy (non-hydrogen) atoms. The van der Waals surface area contributed by atoms with Gasteiger partial charge in [-0.2, -0.15) is 5.26 Å². The number of hydrogen-bond donors (Lipinski definition) is 0. The Labute approximate surface area is 299 Å². The van der Waals surface area contributed by atoms with Gasteiger partial charge in [-0.15, -0.1) is 0 Å². The summed E-state index contributed by atoms with van der Waals surface area (Å²) in [6.45, 7) is 0. The van der Waals surface area contributed by atoms with Crippen LogP contribution in [0.25, 0.3) is 83.2 Å². The second-order valence-corrected chi connectivity index (χ2v) is 13.2. The van der Waals surface area contributed by atoms with Crippen LogP contribution in [0.15, 0.2) is 164 Å². The molecule has 0 aliphatic heterocycles. The maximum atomic E-state index is 9.46. The van der Waals surface area contributed by atoms with Crippen molar-refractivity contribution in [3.05, 3.63) is 169 Å². The molecular formula is C46H30N6. The van der Waals surface area contributed by atoms with Crippen molar-refractivity contribution in [3.8, 4) is 40.1 Å². The van der Waals surface area contributed by atoms with Gasteiger partial charge in [-0.3, -0.25) is 9.55 Å². The monoisotopic (exact) mass is 666 g/mol. The number of allylic oxidation sites excluding steroid dienone is 4. The molecule has 6 heteroatoms. The van der Waals surface area contributed by atoms with E-state index in [9.17, 15) is 5.26 Å². The van der Waals surface area contributed by atoms with Crippen LogP contribution in [0.5, 0.6) is 0 Å². The minimum atomic E-state index is 0.619. The molecule has 9 aromatic rings. The predicted molar refractivity (Wildman–Crippen MR) is 210 cm³/mol. The van der Waals surface area contributed by atoms with E-state index in [-0.39, 0.29) is 0 Å². The van der Waals surface area contributed by atoms with Gasteiger partial charge in [-0.1, -0.05) is 84.9 Å². The largest absolute Gasteiger partial charge is 0.309 e. The lowest BCUT2D eigenvalue weighted by atomic mass is 9.96. The fourth-order valence-corrected chi connectivity index (χ4v) is 7.67. The number of nitriles is 1. The highest BCUT2D eigenvalue weighted by atomic mass is 15.2. The zero-order chi connectivity index (χ0) is 34.6. The second-order valence-electron chi connectivity index (χ2n) is 13.2. The third kappa shape index (κ3) is 4.83. The summed E-state index contributed by atoms with van der Waals surface area (Å²) in [6.07, 6.45) is 9.24. The topological polar surface area (TPSA) is 72.3 Å². The third-order valence-electron chi connectivity index (χ3n) is 10.2. The molecule has 0 unspecified atom stereocenters. The van der Waals surface area contributed by atoms with Crippen molar-refractivity contribution < 1.29 is 0 Å². The van der Waals surface area contributed by atoms with Crippen LogP contribution in [0.1, 0.15) is 18.5 Å². The van der Waals surface area contributed by atoms with E-state index in [1.54, 1.807) is 0 Å². The number of pyridine rings is 1. The van der Waals surface area contributed by atoms with Crippen molar-refractivity contribution in [1.82, 2.24) is 24.1 Å². The zero-order valence-electron chi connectivity index (χ0n) is 28.1. The quantitative estimate of drug-likeness (QED) is 0.183. The van der Waals surface area contributed by atoms with Crippen LogP contribution in [0.4, 0.5) is 0 Å². The lowest BCUT2D eigenvalue weighted by molar-refractivity contribution is 0.956. The summed E-state index contributed by atoms with van der Waals surface area (Å²) < 4.78 is 4.50. The molecule has 1 aliphatic carbocycles. The molecular weight excluding hydrogens is 637 g/mol. The molecule has 0 saturated carbocycles. The molecule has 6 nitrogen and oxygen atoms in total. The van der Waals surface area contributed by atoms with Crippen molar-refractivity contribution in [2.75, 3.05) is 0 Å². The van der Waals surface area contributed by atoms with Crippen molar-refractivity contribution in [1.29, 1.82) is 5.26 Å². The normalized spacial score (nSPS) is 13.1. The molecule has 5 aromatic carbocycles. The number of fused-ring (bicyclic) bond motifs is 6. The minimum Gasteiger partial charge on any atom is -0.309 e. The van der Waals surface area contributed by atoms with Crippen LogP contribution >= 0.6 is 0 Å². The molecule has 0 spiro atoms. The number of nitrogens with zero attached hydrogens (tertiary/aromatic N) is 6. The highest BCUT2D eigenvalue weighted by Crippen LogP contribution is 2.38. The first-order chi connectivity index (χ1) is 25.7. The van der Waals surface area contributed by atoms with Gasteiger partial charge in [0.1, 0.15) is 0 Å². The first kappa shape index (κ1) is 29.8. The number of aromatic nitrogens is 5. The Balaban J connectivity index is 1.16. The summed E-state index contributed by atoms with van der Waals surface area (Å²) >= 11 is 0. The number of rotatable bonds is 5. The van der Waals surface area contributed by atoms with E-state index in [0.717, 1.165) is 89.6 Å². The summed E-state index contributed by atoms with van der Waals surface area (Å²) in [5, 5.41) is 14.0. The highest BCUT2D eigenvalue weighted by molar-refractivity contribution is 6.12. The van der Waals surface area contributed by atoms with Crippen molar-refractivity contribution >= 4 is 49.2 Å². The molecule has 10 rings (SSSR count). The van der Waals surface area contributed by atoms with Gasteiger partial charge in [-0.25, -0.2) is 9.97 Å². The summed E-state index contributed by atoms with van der Waals surface area (Å²) in [6, 6.07) is 49.1. The third-order valence-corrected chi connectivity index (χ3v) is 10.2. The van der Waals surface area contributed by atoms with Crippen LogP contribution in [-0.4, -0.2) is 24.1 Å². The van der Waals surface area contributed by atoms with E-state index >= 15 is 0 Å². The molecule has 0 bridgehead atoms. The Hall–Kier alpha value is -7.10. The van der Waals surface area contributed by atoms with E-state index < -0.39 is 0 Å². The number of benzene rings is 5. The highest BCUT2D eigenvalue weighted by Gasteiger charge is 2.20. The molecule has 0 radical (unpaired) electrons. The van der Waals surface area contributed by atoms with Gasteiger partial charge in [0.05, 0.1) is 39.5 Å². The van der Waals surface area contributed by atoms with E-state index in [0.29, 0.717) is 12.4 Å². The smallest absolute Gasteiger partial charge is 0.235 e. The van der Waals surface area contributed by atoms with Gasteiger partial charge in [0, 0.05) is 50.8 Å². The van der Waals surface area contributed by atoms with E-state index in [1.165, 1.54) is 5.39 Å². The Morgan fingerprint density at radius 3 is 1.92 bits per heavy atom. The summed E-state index contributed by atoms with van der Waals surface area (Å²) in [7, 11) is 0. The zero-order valence-corrected chi connectivity index (χ0v) is 28.1. The summed E-state index contributed by atoms with van der Waals surface area (Å²) in [4.78, 5) is 14.9. The van der Waals surface area contributed by atoms with Gasteiger partial charge in [0.25, 0.3) is 0 Å². The average Bonchev–Trinajstić information content (AvgIpc) is 3.73. The van der Waals surface area contributed by atoms with Crippen LogP contribution in [0.2, 0.25) is 0 Å². The second kappa shape index (κ2) is 12.0. The van der Waals surface area contributed by atoms with E-state index in [2.05, 4.69) is 129 Å². The van der Waals surface area contributed by atoms with Gasteiger partial charge in [-0.05, 0) is 90.2 Å². The molecule has 0 amide bonds. The first-order valence-corrected chi connectivity index (χ1v) is 17.5. The summed E-state index contributed by atoms with van der Waals surface area (Å²) in [5.74, 6) is 0.619. The molecule has 1 aliphatic rings. The number of para-hydroxylation sites is 2. The Kier molecular flexibility index (Phi) is 6.90. The fourth-order valence-electron chi connectivity index (χ4n) is 7.67. The minimum absolute atomic E-state index is 0.619. The van der Waals surface area contributed by atoms with Crippen molar-refractivity contribution in [2.45, 2.75) is 12.8 Å². The average molecular weight is 667 g/mol. The molecule has 0 N–H and O–H groups in total. The Morgan fingerprint density at radius 1 is 0.519 bits per heavy atom. The SMILES string of the molecule is N#CC1=CC=C(c2cc(-c3ccccc3)nc(-n3c4ccccc4c4cc(-c5ccc6c(c5)c5cnccc5n6-c5ccccc5)ccc43)n2)CC1. The van der Waals surface area contributed by atoms with E-state index in [1.807, 2.05) is 48.8 Å². The first-order valence-electron chi connectivity index (χ1n) is 17.5. The molecule has 4 heterocycles. The molecule has 244 valence electrons. The fraction of sp³-hybridized carbons (Fsp3) is 0.0435. The van der Waals surface area contributed by atoms with Gasteiger partial charge in [0.2, 0.25) is 5.95 Å². The Bertz CT molecular complexity index is 2960. The van der Waals surface area contributed by atoms with Crippen LogP contribution in [0, 0.1) is 11.3 Å². The molecule has 0 atom stereocenters.